The predicted octanol–water partition coefficient (Wildman–Crippen LogP) is 0.526. The Morgan fingerprint density at radius 3 is 2.82 bits per heavy atom. The average Bonchev–Trinajstić information content (AvgIpc) is 2.73. The molecule has 1 amide bonds. The van der Waals surface area contributed by atoms with Gasteiger partial charge in [-0.2, -0.15) is 5.10 Å². The maximum Gasteiger partial charge on any atom is 0.250 e. The van der Waals surface area contributed by atoms with E-state index in [1.807, 2.05) is 19.3 Å². The number of nitrogens with zero attached hydrogens (tertiary/aromatic N) is 3. The third kappa shape index (κ3) is 2.81. The molecular formula is C11H13N5O. The van der Waals surface area contributed by atoms with Crippen molar-refractivity contribution in [2.75, 3.05) is 5.32 Å². The molecule has 0 unspecified atom stereocenters. The second-order valence-electron chi connectivity index (χ2n) is 3.63. The summed E-state index contributed by atoms with van der Waals surface area (Å²) in [5.74, 6) is 0.203. The molecule has 0 radical (unpaired) electrons. The van der Waals surface area contributed by atoms with E-state index in [2.05, 4.69) is 15.4 Å². The second kappa shape index (κ2) is 4.65. The van der Waals surface area contributed by atoms with Gasteiger partial charge in [0.2, 0.25) is 5.91 Å². The van der Waals surface area contributed by atoms with E-state index in [0.717, 1.165) is 5.69 Å². The Morgan fingerprint density at radius 2 is 2.29 bits per heavy atom. The summed E-state index contributed by atoms with van der Waals surface area (Å²) >= 11 is 0. The lowest BCUT2D eigenvalue weighted by Crippen LogP contribution is -2.11. The Bertz CT molecular complexity index is 517. The van der Waals surface area contributed by atoms with Gasteiger partial charge in [-0.3, -0.25) is 9.48 Å². The first-order valence-corrected chi connectivity index (χ1v) is 5.13. The van der Waals surface area contributed by atoms with Crippen molar-refractivity contribution in [2.24, 2.45) is 12.8 Å². The number of nitrogens with one attached hydrogen (secondary N) is 1. The highest BCUT2D eigenvalue weighted by Crippen LogP contribution is 2.06. The lowest BCUT2D eigenvalue weighted by atomic mass is 10.3. The largest absolute Gasteiger partial charge is 0.366 e. The monoisotopic (exact) mass is 231 g/mol. The first kappa shape index (κ1) is 11.1. The average molecular weight is 231 g/mol. The van der Waals surface area contributed by atoms with Crippen molar-refractivity contribution in [1.29, 1.82) is 0 Å². The number of amides is 1. The molecule has 2 aromatic heterocycles. The molecule has 3 N–H and O–H groups in total. The van der Waals surface area contributed by atoms with Gasteiger partial charge in [-0.15, -0.1) is 0 Å². The summed E-state index contributed by atoms with van der Waals surface area (Å²) in [4.78, 5) is 14.9. The van der Waals surface area contributed by atoms with Gasteiger partial charge in [0.1, 0.15) is 5.82 Å². The van der Waals surface area contributed by atoms with Crippen molar-refractivity contribution in [3.05, 3.63) is 41.9 Å². The molecule has 0 aromatic carbocycles. The summed E-state index contributed by atoms with van der Waals surface area (Å²) in [5.41, 5.74) is 6.44. The first-order chi connectivity index (χ1) is 8.15. The Hall–Kier alpha value is -2.37. The number of carbonyl (C=O) groups excluding carboxylic acids is 1. The molecule has 0 aliphatic heterocycles. The van der Waals surface area contributed by atoms with Crippen molar-refractivity contribution < 1.29 is 4.79 Å². The van der Waals surface area contributed by atoms with Crippen molar-refractivity contribution in [1.82, 2.24) is 14.8 Å². The van der Waals surface area contributed by atoms with Gasteiger partial charge in [0.25, 0.3) is 0 Å². The first-order valence-electron chi connectivity index (χ1n) is 5.13. The van der Waals surface area contributed by atoms with Crippen molar-refractivity contribution in [3.8, 4) is 0 Å². The van der Waals surface area contributed by atoms with Crippen LogP contribution in [0.15, 0.2) is 30.6 Å². The van der Waals surface area contributed by atoms with E-state index in [1.54, 1.807) is 16.8 Å². The number of rotatable bonds is 4. The second-order valence-corrected chi connectivity index (χ2v) is 3.63. The molecule has 6 heteroatoms. The zero-order valence-corrected chi connectivity index (χ0v) is 9.42. The zero-order valence-electron chi connectivity index (χ0n) is 9.42. The van der Waals surface area contributed by atoms with Gasteiger partial charge in [0.05, 0.1) is 17.8 Å². The van der Waals surface area contributed by atoms with Gasteiger partial charge in [-0.1, -0.05) is 0 Å². The predicted molar refractivity (Wildman–Crippen MR) is 63.3 cm³/mol. The molecule has 0 saturated heterocycles. The molecule has 17 heavy (non-hydrogen) atoms. The molecule has 0 bridgehead atoms. The van der Waals surface area contributed by atoms with Crippen LogP contribution in [0.1, 0.15) is 16.1 Å². The Balaban J connectivity index is 1.97. The minimum absolute atomic E-state index is 0.397. The smallest absolute Gasteiger partial charge is 0.250 e. The van der Waals surface area contributed by atoms with Gasteiger partial charge >= 0.3 is 0 Å². The van der Waals surface area contributed by atoms with Crippen LogP contribution < -0.4 is 11.1 Å². The third-order valence-electron chi connectivity index (χ3n) is 2.27. The van der Waals surface area contributed by atoms with Gasteiger partial charge in [-0.05, 0) is 18.2 Å². The zero-order chi connectivity index (χ0) is 12.3. The van der Waals surface area contributed by atoms with Crippen LogP contribution in [0, 0.1) is 0 Å². The fraction of sp³-hybridized carbons (Fsp3) is 0.182. The number of primary amides is 1. The SMILES string of the molecule is Cn1ccc(CNc2ccc(C(N)=O)cn2)n1. The molecular weight excluding hydrogens is 218 g/mol. The molecule has 0 saturated carbocycles. The minimum atomic E-state index is -0.478. The van der Waals surface area contributed by atoms with Gasteiger partial charge in [0.15, 0.2) is 0 Å². The lowest BCUT2D eigenvalue weighted by Gasteiger charge is -2.03. The van der Waals surface area contributed by atoms with Crippen LogP contribution in [-0.4, -0.2) is 20.7 Å². The molecule has 0 fully saturated rings. The fourth-order valence-electron chi connectivity index (χ4n) is 1.38. The highest BCUT2D eigenvalue weighted by Gasteiger charge is 2.01. The summed E-state index contributed by atoms with van der Waals surface area (Å²) in [6.07, 6.45) is 3.32. The van der Waals surface area contributed by atoms with Crippen molar-refractivity contribution in [3.63, 3.8) is 0 Å². The molecule has 2 aromatic rings. The van der Waals surface area contributed by atoms with Crippen LogP contribution in [0.3, 0.4) is 0 Å². The van der Waals surface area contributed by atoms with Crippen LogP contribution >= 0.6 is 0 Å². The normalized spacial score (nSPS) is 10.2. The fourth-order valence-corrected chi connectivity index (χ4v) is 1.38. The number of aromatic nitrogens is 3. The van der Waals surface area contributed by atoms with Crippen LogP contribution in [0.2, 0.25) is 0 Å². The summed E-state index contributed by atoms with van der Waals surface area (Å²) in [6, 6.07) is 5.27. The number of hydrogen-bond acceptors (Lipinski definition) is 4. The number of anilines is 1. The lowest BCUT2D eigenvalue weighted by molar-refractivity contribution is 0.1000. The summed E-state index contributed by atoms with van der Waals surface area (Å²) in [5, 5.41) is 7.33. The topological polar surface area (TPSA) is 85.8 Å². The van der Waals surface area contributed by atoms with Crippen LogP contribution in [0.4, 0.5) is 5.82 Å². The van der Waals surface area contributed by atoms with Crippen molar-refractivity contribution >= 4 is 11.7 Å². The van der Waals surface area contributed by atoms with E-state index in [1.165, 1.54) is 6.20 Å². The number of carbonyl (C=O) groups is 1. The summed E-state index contributed by atoms with van der Waals surface area (Å²) in [6.45, 7) is 0.587. The van der Waals surface area contributed by atoms with E-state index in [0.29, 0.717) is 17.9 Å². The molecule has 0 spiro atoms. The quantitative estimate of drug-likeness (QED) is 0.803. The van der Waals surface area contributed by atoms with E-state index >= 15 is 0 Å². The maximum absolute atomic E-state index is 10.8. The molecule has 0 aliphatic carbocycles. The Labute approximate surface area is 98.5 Å². The number of hydrogen-bond donors (Lipinski definition) is 2. The minimum Gasteiger partial charge on any atom is -0.366 e. The molecule has 6 nitrogen and oxygen atoms in total. The summed E-state index contributed by atoms with van der Waals surface area (Å²) in [7, 11) is 1.86. The van der Waals surface area contributed by atoms with Crippen molar-refractivity contribution in [2.45, 2.75) is 6.54 Å². The molecule has 0 aliphatic rings. The number of pyridine rings is 1. The standard InChI is InChI=1S/C11H13N5O/c1-16-5-4-9(15-16)7-14-10-3-2-8(6-13-10)11(12)17/h2-6H,7H2,1H3,(H2,12,17)(H,13,14). The third-order valence-corrected chi connectivity index (χ3v) is 2.27. The Kier molecular flexibility index (Phi) is 3.04. The Morgan fingerprint density at radius 1 is 1.47 bits per heavy atom. The van der Waals surface area contributed by atoms with E-state index in [-0.39, 0.29) is 0 Å². The van der Waals surface area contributed by atoms with Crippen LogP contribution in [0.5, 0.6) is 0 Å². The molecule has 2 heterocycles. The molecule has 88 valence electrons. The molecule has 0 atom stereocenters. The van der Waals surface area contributed by atoms with Gasteiger partial charge in [0, 0.05) is 19.4 Å². The van der Waals surface area contributed by atoms with Crippen LogP contribution in [0.25, 0.3) is 0 Å². The highest BCUT2D eigenvalue weighted by atomic mass is 16.1. The highest BCUT2D eigenvalue weighted by molar-refractivity contribution is 5.92. The van der Waals surface area contributed by atoms with Gasteiger partial charge in [-0.25, -0.2) is 4.98 Å². The van der Waals surface area contributed by atoms with E-state index < -0.39 is 5.91 Å². The molecule has 2 rings (SSSR count). The van der Waals surface area contributed by atoms with Gasteiger partial charge < -0.3 is 11.1 Å². The van der Waals surface area contributed by atoms with E-state index in [4.69, 9.17) is 5.73 Å². The van der Waals surface area contributed by atoms with Crippen LogP contribution in [-0.2, 0) is 13.6 Å². The number of nitrogens with two attached hydrogens (primary N) is 1. The summed E-state index contributed by atoms with van der Waals surface area (Å²) < 4.78 is 1.74. The number of aryl methyl sites for hydroxylation is 1. The maximum atomic E-state index is 10.8. The van der Waals surface area contributed by atoms with E-state index in [9.17, 15) is 4.79 Å².